The lowest BCUT2D eigenvalue weighted by atomic mass is 10.1. The summed E-state index contributed by atoms with van der Waals surface area (Å²) >= 11 is 2.83. The fraction of sp³-hybridized carbons (Fsp3) is 0.579. The van der Waals surface area contributed by atoms with Crippen molar-refractivity contribution in [2.75, 3.05) is 18.6 Å². The summed E-state index contributed by atoms with van der Waals surface area (Å²) in [5, 5.41) is 10.1. The molecule has 11 heteroatoms. The van der Waals surface area contributed by atoms with Crippen LogP contribution in [0.1, 0.15) is 25.1 Å². The summed E-state index contributed by atoms with van der Waals surface area (Å²) in [7, 11) is 0. The maximum Gasteiger partial charge on any atom is 0.315 e. The molecule has 0 bridgehead atoms. The Morgan fingerprint density at radius 3 is 2.60 bits per heavy atom. The van der Waals surface area contributed by atoms with Gasteiger partial charge in [-0.1, -0.05) is 6.07 Å². The van der Waals surface area contributed by atoms with Crippen LogP contribution in [0, 0.1) is 0 Å². The van der Waals surface area contributed by atoms with Gasteiger partial charge >= 0.3 is 6.03 Å². The second-order valence-electron chi connectivity index (χ2n) is 7.45. The Balaban J connectivity index is 2.08. The van der Waals surface area contributed by atoms with Crippen molar-refractivity contribution in [1.29, 1.82) is 0 Å². The number of thiophene rings is 1. The zero-order chi connectivity index (χ0) is 22.3. The van der Waals surface area contributed by atoms with Crippen LogP contribution < -0.4 is 21.7 Å². The van der Waals surface area contributed by atoms with Gasteiger partial charge in [0.25, 0.3) is 0 Å². The van der Waals surface area contributed by atoms with E-state index >= 15 is 0 Å². The molecule has 0 aromatic carbocycles. The smallest absolute Gasteiger partial charge is 0.315 e. The molecule has 166 valence electrons. The molecule has 1 aliphatic heterocycles. The molecule has 0 radical (unpaired) electrons. The molecule has 0 saturated carbocycles. The van der Waals surface area contributed by atoms with Gasteiger partial charge in [0.1, 0.15) is 12.1 Å². The number of thioether (sulfide) groups is 1. The molecule has 1 aromatic rings. The van der Waals surface area contributed by atoms with Crippen molar-refractivity contribution in [3.8, 4) is 0 Å². The minimum Gasteiger partial charge on any atom is -0.368 e. The van der Waals surface area contributed by atoms with Crippen LogP contribution in [0.15, 0.2) is 17.5 Å². The van der Waals surface area contributed by atoms with Gasteiger partial charge in [0.05, 0.1) is 11.8 Å². The van der Waals surface area contributed by atoms with Crippen LogP contribution in [0.4, 0.5) is 4.79 Å². The summed E-state index contributed by atoms with van der Waals surface area (Å²) in [6, 6.07) is 1.33. The molecule has 5 amide bonds. The number of nitrogens with two attached hydrogens (primary N) is 1. The molecule has 5 N–H and O–H groups in total. The minimum absolute atomic E-state index is 0.0340. The van der Waals surface area contributed by atoms with Crippen molar-refractivity contribution in [2.45, 2.75) is 50.9 Å². The Morgan fingerprint density at radius 1 is 1.30 bits per heavy atom. The van der Waals surface area contributed by atoms with E-state index in [4.69, 9.17) is 5.73 Å². The van der Waals surface area contributed by atoms with Crippen molar-refractivity contribution < 1.29 is 19.2 Å². The van der Waals surface area contributed by atoms with Crippen LogP contribution >= 0.6 is 23.1 Å². The molecule has 1 fully saturated rings. The van der Waals surface area contributed by atoms with Crippen LogP contribution in [0.3, 0.4) is 0 Å². The monoisotopic (exact) mass is 455 g/mol. The van der Waals surface area contributed by atoms with Gasteiger partial charge in [-0.3, -0.25) is 14.4 Å². The number of primary amides is 1. The van der Waals surface area contributed by atoms with E-state index in [1.807, 2.05) is 31.4 Å². The van der Waals surface area contributed by atoms with Gasteiger partial charge < -0.3 is 26.6 Å². The fourth-order valence-corrected chi connectivity index (χ4v) is 4.45. The minimum atomic E-state index is -0.870. The molecule has 30 heavy (non-hydrogen) atoms. The third-order valence-corrected chi connectivity index (χ3v) is 6.03. The molecule has 2 heterocycles. The third-order valence-electron chi connectivity index (χ3n) is 4.59. The molecule has 0 aliphatic carbocycles. The fourth-order valence-electron chi connectivity index (χ4n) is 3.28. The van der Waals surface area contributed by atoms with Gasteiger partial charge in [-0.2, -0.15) is 11.8 Å². The quantitative estimate of drug-likeness (QED) is 0.425. The van der Waals surface area contributed by atoms with E-state index in [0.29, 0.717) is 6.42 Å². The second-order valence-corrected chi connectivity index (χ2v) is 9.35. The van der Waals surface area contributed by atoms with E-state index in [0.717, 1.165) is 4.88 Å². The lowest BCUT2D eigenvalue weighted by molar-refractivity contribution is -0.137. The highest BCUT2D eigenvalue weighted by atomic mass is 32.2. The molecule has 9 nitrogen and oxygen atoms in total. The first-order valence-corrected chi connectivity index (χ1v) is 12.0. The Hall–Kier alpha value is -2.27. The lowest BCUT2D eigenvalue weighted by Crippen LogP contribution is -2.53. The summed E-state index contributed by atoms with van der Waals surface area (Å²) in [6.45, 7) is 3.92. The molecule has 1 aromatic heterocycles. The van der Waals surface area contributed by atoms with Gasteiger partial charge in [0.15, 0.2) is 0 Å². The van der Waals surface area contributed by atoms with Gasteiger partial charge in [-0.05, 0) is 38.0 Å². The molecule has 3 atom stereocenters. The lowest BCUT2D eigenvalue weighted by Gasteiger charge is -2.25. The van der Waals surface area contributed by atoms with Gasteiger partial charge in [0.2, 0.25) is 17.7 Å². The van der Waals surface area contributed by atoms with Crippen molar-refractivity contribution in [2.24, 2.45) is 5.73 Å². The number of rotatable bonds is 9. The second kappa shape index (κ2) is 11.2. The van der Waals surface area contributed by atoms with E-state index < -0.39 is 23.9 Å². The zero-order valence-corrected chi connectivity index (χ0v) is 19.0. The molecule has 0 spiro atoms. The summed E-state index contributed by atoms with van der Waals surface area (Å²) in [4.78, 5) is 51.8. The highest BCUT2D eigenvalue weighted by Crippen LogP contribution is 2.20. The van der Waals surface area contributed by atoms with Gasteiger partial charge in [0, 0.05) is 23.9 Å². The Bertz CT molecular complexity index is 756. The van der Waals surface area contributed by atoms with Crippen LogP contribution in [-0.4, -0.2) is 71.4 Å². The molecule has 2 rings (SSSR count). The van der Waals surface area contributed by atoms with Crippen molar-refractivity contribution >= 4 is 46.9 Å². The van der Waals surface area contributed by atoms with Crippen LogP contribution in [0.2, 0.25) is 0 Å². The summed E-state index contributed by atoms with van der Waals surface area (Å²) in [5.41, 5.74) is 5.48. The predicted molar refractivity (Wildman–Crippen MR) is 118 cm³/mol. The van der Waals surface area contributed by atoms with Crippen LogP contribution in [0.25, 0.3) is 0 Å². The Kier molecular flexibility index (Phi) is 8.97. The summed E-state index contributed by atoms with van der Waals surface area (Å²) < 4.78 is 0. The average Bonchev–Trinajstić information content (AvgIpc) is 3.30. The summed E-state index contributed by atoms with van der Waals surface area (Å²) in [6.07, 6.45) is 2.36. The van der Waals surface area contributed by atoms with E-state index in [9.17, 15) is 19.2 Å². The highest BCUT2D eigenvalue weighted by molar-refractivity contribution is 7.99. The van der Waals surface area contributed by atoms with E-state index in [1.165, 1.54) is 28.0 Å². The number of carbonyl (C=O) groups excluding carboxylic acids is 4. The number of urea groups is 1. The SMILES string of the molecule is CSCC(=O)N1CC(NC(=O)NC(C)C)CC1C(=O)NC(Cc1cccs1)C(N)=O. The van der Waals surface area contributed by atoms with E-state index in [1.54, 1.807) is 6.26 Å². The number of hydrogen-bond donors (Lipinski definition) is 4. The van der Waals surface area contributed by atoms with E-state index in [-0.39, 0.29) is 42.7 Å². The molecule has 3 unspecified atom stereocenters. The first-order valence-electron chi connectivity index (χ1n) is 9.68. The number of amides is 5. The zero-order valence-electron chi connectivity index (χ0n) is 17.3. The average molecular weight is 456 g/mol. The predicted octanol–water partition coefficient (Wildman–Crippen LogP) is 0.301. The van der Waals surface area contributed by atoms with Crippen molar-refractivity contribution in [3.05, 3.63) is 22.4 Å². The topological polar surface area (TPSA) is 134 Å². The van der Waals surface area contributed by atoms with Crippen LogP contribution in [0.5, 0.6) is 0 Å². The number of hydrogen-bond acceptors (Lipinski definition) is 6. The largest absolute Gasteiger partial charge is 0.368 e. The maximum atomic E-state index is 13.0. The van der Waals surface area contributed by atoms with E-state index in [2.05, 4.69) is 16.0 Å². The molecular weight excluding hydrogens is 426 g/mol. The number of likely N-dealkylation sites (tertiary alicyclic amines) is 1. The van der Waals surface area contributed by atoms with Crippen LogP contribution in [-0.2, 0) is 20.8 Å². The normalized spacial score (nSPS) is 19.4. The van der Waals surface area contributed by atoms with Gasteiger partial charge in [-0.25, -0.2) is 4.79 Å². The number of nitrogens with zero attached hydrogens (tertiary/aromatic N) is 1. The molecule has 1 aliphatic rings. The first kappa shape index (κ1) is 24.0. The van der Waals surface area contributed by atoms with Gasteiger partial charge in [-0.15, -0.1) is 11.3 Å². The first-order chi connectivity index (χ1) is 14.2. The highest BCUT2D eigenvalue weighted by Gasteiger charge is 2.40. The Labute approximate surface area is 184 Å². The third kappa shape index (κ3) is 6.91. The van der Waals surface area contributed by atoms with Crippen molar-refractivity contribution in [1.82, 2.24) is 20.9 Å². The van der Waals surface area contributed by atoms with Crippen molar-refractivity contribution in [3.63, 3.8) is 0 Å². The summed E-state index contributed by atoms with van der Waals surface area (Å²) in [5.74, 6) is -1.05. The number of nitrogens with one attached hydrogen (secondary N) is 3. The standard InChI is InChI=1S/C19H29N5O4S2/c1-11(2)21-19(28)22-12-7-15(24(9-12)16(25)10-29-3)18(27)23-14(17(20)26)8-13-5-4-6-30-13/h4-6,11-12,14-15H,7-10H2,1-3H3,(H2,20,26)(H,23,27)(H2,21,22,28). The molecular formula is C19H29N5O4S2. The maximum absolute atomic E-state index is 13.0. The number of carbonyl (C=O) groups is 4. The Morgan fingerprint density at radius 2 is 2.03 bits per heavy atom. The molecule has 1 saturated heterocycles.